The smallest absolute Gasteiger partial charge is 0.309 e. The van der Waals surface area contributed by atoms with Gasteiger partial charge in [-0.25, -0.2) is 0 Å². The van der Waals surface area contributed by atoms with Crippen LogP contribution in [0.4, 0.5) is 0 Å². The standard InChI is InChI=1S/C10H14O2S/c1-4-5-9(6-8(2)13)7-10(11)12-3/h4-6,13H,1,7H2,2-3H3/b8-6+,9-5+. The van der Waals surface area contributed by atoms with Crippen LogP contribution in [0.15, 0.2) is 35.3 Å². The zero-order valence-electron chi connectivity index (χ0n) is 7.91. The molecule has 0 aliphatic rings. The second kappa shape index (κ2) is 6.54. The molecule has 0 unspecified atom stereocenters. The third kappa shape index (κ3) is 6.22. The minimum absolute atomic E-state index is 0.250. The van der Waals surface area contributed by atoms with Crippen LogP contribution in [0.1, 0.15) is 13.3 Å². The van der Waals surface area contributed by atoms with E-state index < -0.39 is 0 Å². The quantitative estimate of drug-likeness (QED) is 0.427. The van der Waals surface area contributed by atoms with Crippen molar-refractivity contribution in [1.29, 1.82) is 0 Å². The number of ether oxygens (including phenoxy) is 1. The van der Waals surface area contributed by atoms with Crippen molar-refractivity contribution in [3.8, 4) is 0 Å². The molecule has 0 N–H and O–H groups in total. The van der Waals surface area contributed by atoms with Crippen LogP contribution in [-0.4, -0.2) is 13.1 Å². The summed E-state index contributed by atoms with van der Waals surface area (Å²) in [5.74, 6) is -0.265. The second-order valence-electron chi connectivity index (χ2n) is 2.52. The Morgan fingerprint density at radius 1 is 1.62 bits per heavy atom. The summed E-state index contributed by atoms with van der Waals surface area (Å²) < 4.78 is 4.54. The predicted octanol–water partition coefficient (Wildman–Crippen LogP) is 2.50. The van der Waals surface area contributed by atoms with Crippen molar-refractivity contribution in [3.05, 3.63) is 35.3 Å². The normalized spacial score (nSPS) is 12.5. The van der Waals surface area contributed by atoms with Gasteiger partial charge in [0.1, 0.15) is 0 Å². The van der Waals surface area contributed by atoms with E-state index >= 15 is 0 Å². The predicted molar refractivity (Wildman–Crippen MR) is 57.7 cm³/mol. The number of carbonyl (C=O) groups is 1. The molecule has 0 bridgehead atoms. The molecule has 13 heavy (non-hydrogen) atoms. The Morgan fingerprint density at radius 2 is 2.23 bits per heavy atom. The molecule has 0 saturated heterocycles. The van der Waals surface area contributed by atoms with Gasteiger partial charge in [-0.2, -0.15) is 0 Å². The van der Waals surface area contributed by atoms with Gasteiger partial charge in [-0.1, -0.05) is 18.7 Å². The highest BCUT2D eigenvalue weighted by molar-refractivity contribution is 7.84. The Balaban J connectivity index is 4.45. The van der Waals surface area contributed by atoms with Gasteiger partial charge in [0.15, 0.2) is 0 Å². The van der Waals surface area contributed by atoms with Crippen molar-refractivity contribution in [2.75, 3.05) is 7.11 Å². The lowest BCUT2D eigenvalue weighted by Crippen LogP contribution is -2.00. The molecule has 0 radical (unpaired) electrons. The summed E-state index contributed by atoms with van der Waals surface area (Å²) in [7, 11) is 1.37. The molecule has 72 valence electrons. The van der Waals surface area contributed by atoms with Crippen molar-refractivity contribution >= 4 is 18.6 Å². The van der Waals surface area contributed by atoms with E-state index in [1.54, 1.807) is 12.2 Å². The Bertz CT molecular complexity index is 248. The number of hydrogen-bond donors (Lipinski definition) is 1. The van der Waals surface area contributed by atoms with Gasteiger partial charge in [-0.15, -0.1) is 12.6 Å². The van der Waals surface area contributed by atoms with E-state index in [9.17, 15) is 4.79 Å². The first-order chi connectivity index (χ1) is 6.10. The summed E-state index contributed by atoms with van der Waals surface area (Å²) in [6, 6.07) is 0. The molecule has 0 spiro atoms. The van der Waals surface area contributed by atoms with Gasteiger partial charge in [0, 0.05) is 0 Å². The molecule has 3 heteroatoms. The summed E-state index contributed by atoms with van der Waals surface area (Å²) in [5.41, 5.74) is 0.842. The van der Waals surface area contributed by atoms with Gasteiger partial charge in [0.25, 0.3) is 0 Å². The third-order valence-corrected chi connectivity index (χ3v) is 1.43. The monoisotopic (exact) mass is 198 g/mol. The molecule has 0 aromatic carbocycles. The van der Waals surface area contributed by atoms with Crippen molar-refractivity contribution in [1.82, 2.24) is 0 Å². The minimum atomic E-state index is -0.265. The van der Waals surface area contributed by atoms with Crippen LogP contribution in [-0.2, 0) is 9.53 Å². The van der Waals surface area contributed by atoms with Gasteiger partial charge in [-0.05, 0) is 23.5 Å². The number of methoxy groups -OCH3 is 1. The molecular weight excluding hydrogens is 184 g/mol. The van der Waals surface area contributed by atoms with Crippen LogP contribution in [0.2, 0.25) is 0 Å². The minimum Gasteiger partial charge on any atom is -0.469 e. The molecule has 0 rings (SSSR count). The summed E-state index contributed by atoms with van der Waals surface area (Å²) in [6.07, 6.45) is 5.45. The number of hydrogen-bond acceptors (Lipinski definition) is 3. The summed E-state index contributed by atoms with van der Waals surface area (Å²) in [4.78, 5) is 11.8. The summed E-state index contributed by atoms with van der Waals surface area (Å²) in [5, 5.41) is 0. The topological polar surface area (TPSA) is 26.3 Å². The van der Waals surface area contributed by atoms with Crippen LogP contribution >= 0.6 is 12.6 Å². The Morgan fingerprint density at radius 3 is 2.62 bits per heavy atom. The van der Waals surface area contributed by atoms with Crippen molar-refractivity contribution in [2.45, 2.75) is 13.3 Å². The number of allylic oxidation sites excluding steroid dienone is 4. The molecule has 0 aliphatic carbocycles. The first-order valence-corrected chi connectivity index (χ1v) is 4.30. The molecule has 0 aromatic rings. The zero-order chi connectivity index (χ0) is 10.3. The van der Waals surface area contributed by atoms with Crippen LogP contribution < -0.4 is 0 Å². The number of rotatable bonds is 4. The molecule has 0 aliphatic heterocycles. The highest BCUT2D eigenvalue weighted by atomic mass is 32.1. The van der Waals surface area contributed by atoms with Gasteiger partial charge < -0.3 is 4.74 Å². The molecule has 0 saturated carbocycles. The average Bonchev–Trinajstić information content (AvgIpc) is 2.03. The van der Waals surface area contributed by atoms with E-state index in [0.717, 1.165) is 10.5 Å². The zero-order valence-corrected chi connectivity index (χ0v) is 8.80. The van der Waals surface area contributed by atoms with Crippen molar-refractivity contribution < 1.29 is 9.53 Å². The maximum absolute atomic E-state index is 10.9. The summed E-state index contributed by atoms with van der Waals surface area (Å²) >= 11 is 4.12. The van der Waals surface area contributed by atoms with Gasteiger partial charge in [0.2, 0.25) is 0 Å². The van der Waals surface area contributed by atoms with Crippen LogP contribution in [0.3, 0.4) is 0 Å². The van der Waals surface area contributed by atoms with E-state index in [2.05, 4.69) is 23.9 Å². The van der Waals surface area contributed by atoms with E-state index in [-0.39, 0.29) is 12.4 Å². The van der Waals surface area contributed by atoms with Crippen molar-refractivity contribution in [2.24, 2.45) is 0 Å². The second-order valence-corrected chi connectivity index (χ2v) is 3.22. The maximum atomic E-state index is 10.9. The fourth-order valence-electron chi connectivity index (χ4n) is 0.817. The van der Waals surface area contributed by atoms with Crippen LogP contribution in [0.5, 0.6) is 0 Å². The lowest BCUT2D eigenvalue weighted by molar-refractivity contribution is -0.139. The number of esters is 1. The molecule has 0 atom stereocenters. The first-order valence-electron chi connectivity index (χ1n) is 3.85. The van der Waals surface area contributed by atoms with Crippen LogP contribution in [0.25, 0.3) is 0 Å². The van der Waals surface area contributed by atoms with E-state index in [1.165, 1.54) is 7.11 Å². The fourth-order valence-corrected chi connectivity index (χ4v) is 0.982. The van der Waals surface area contributed by atoms with Gasteiger partial charge >= 0.3 is 5.97 Å². The number of carbonyl (C=O) groups excluding carboxylic acids is 1. The highest BCUT2D eigenvalue weighted by Crippen LogP contribution is 2.10. The lowest BCUT2D eigenvalue weighted by atomic mass is 10.1. The molecular formula is C10H14O2S. The van der Waals surface area contributed by atoms with Crippen molar-refractivity contribution in [3.63, 3.8) is 0 Å². The Kier molecular flexibility index (Phi) is 6.06. The van der Waals surface area contributed by atoms with Gasteiger partial charge in [-0.3, -0.25) is 4.79 Å². The molecule has 0 heterocycles. The molecule has 0 amide bonds. The van der Waals surface area contributed by atoms with E-state index in [4.69, 9.17) is 0 Å². The fraction of sp³-hybridized carbons (Fsp3) is 0.300. The Labute approximate surface area is 84.4 Å². The molecule has 0 fully saturated rings. The SMILES string of the molecule is C=C/C=C(\C=C(/C)S)CC(=O)OC. The lowest BCUT2D eigenvalue weighted by Gasteiger charge is -2.00. The van der Waals surface area contributed by atoms with E-state index in [0.29, 0.717) is 0 Å². The van der Waals surface area contributed by atoms with Gasteiger partial charge in [0.05, 0.1) is 13.5 Å². The average molecular weight is 198 g/mol. The van der Waals surface area contributed by atoms with E-state index in [1.807, 2.05) is 13.0 Å². The molecule has 2 nitrogen and oxygen atoms in total. The largest absolute Gasteiger partial charge is 0.469 e. The first kappa shape index (κ1) is 12.0. The Hall–Kier alpha value is -0.960. The number of thiol groups is 1. The van der Waals surface area contributed by atoms with Crippen LogP contribution in [0, 0.1) is 0 Å². The summed E-state index contributed by atoms with van der Waals surface area (Å²) in [6.45, 7) is 5.40. The molecule has 0 aromatic heterocycles. The maximum Gasteiger partial charge on any atom is 0.309 e. The third-order valence-electron chi connectivity index (χ3n) is 1.30. The highest BCUT2D eigenvalue weighted by Gasteiger charge is 2.02.